The van der Waals surface area contributed by atoms with Crippen LogP contribution in [0.2, 0.25) is 0 Å². The van der Waals surface area contributed by atoms with Gasteiger partial charge in [-0.2, -0.15) is 0 Å². The third-order valence-corrected chi connectivity index (χ3v) is 4.80. The number of hydrogen-bond donors (Lipinski definition) is 0. The fourth-order valence-electron chi connectivity index (χ4n) is 3.42. The Balaban J connectivity index is 2.03. The van der Waals surface area contributed by atoms with Gasteiger partial charge in [-0.25, -0.2) is 0 Å². The summed E-state index contributed by atoms with van der Waals surface area (Å²) in [5.41, 5.74) is -0.0939. The zero-order chi connectivity index (χ0) is 17.9. The lowest BCUT2D eigenvalue weighted by atomic mass is 9.72. The lowest BCUT2D eigenvalue weighted by Gasteiger charge is -2.37. The third-order valence-electron chi connectivity index (χ3n) is 4.80. The second kappa shape index (κ2) is 7.06. The molecular formula is C19H24O6. The van der Waals surface area contributed by atoms with E-state index in [2.05, 4.69) is 0 Å². The summed E-state index contributed by atoms with van der Waals surface area (Å²) in [6.07, 6.45) is 4.80. The van der Waals surface area contributed by atoms with Crippen LogP contribution in [0.4, 0.5) is 0 Å². The Labute approximate surface area is 147 Å². The van der Waals surface area contributed by atoms with Crippen LogP contribution < -0.4 is 9.47 Å². The second-order valence-corrected chi connectivity index (χ2v) is 6.10. The molecule has 1 heterocycles. The van der Waals surface area contributed by atoms with Gasteiger partial charge in [0, 0.05) is 6.42 Å². The minimum atomic E-state index is -0.893. The van der Waals surface area contributed by atoms with E-state index >= 15 is 0 Å². The van der Waals surface area contributed by atoms with E-state index in [1.54, 1.807) is 27.2 Å². The van der Waals surface area contributed by atoms with Crippen LogP contribution in [0, 0.1) is 0 Å². The number of rotatable bonds is 5. The Hall–Kier alpha value is -2.05. The Morgan fingerprint density at radius 1 is 1.08 bits per heavy atom. The summed E-state index contributed by atoms with van der Waals surface area (Å²) in [7, 11) is 3.16. The Morgan fingerprint density at radius 2 is 1.80 bits per heavy atom. The summed E-state index contributed by atoms with van der Waals surface area (Å²) in [4.78, 5) is 12.9. The van der Waals surface area contributed by atoms with Gasteiger partial charge in [0.1, 0.15) is 5.41 Å². The minimum absolute atomic E-state index is 0.286. The van der Waals surface area contributed by atoms with Gasteiger partial charge in [0.25, 0.3) is 0 Å². The van der Waals surface area contributed by atoms with Crippen molar-refractivity contribution < 1.29 is 28.5 Å². The Morgan fingerprint density at radius 3 is 2.36 bits per heavy atom. The number of benzene rings is 1. The summed E-state index contributed by atoms with van der Waals surface area (Å²) < 4.78 is 27.5. The summed E-state index contributed by atoms with van der Waals surface area (Å²) in [5, 5.41) is 0. The maximum Gasteiger partial charge on any atom is 0.320 e. The van der Waals surface area contributed by atoms with E-state index in [-0.39, 0.29) is 5.97 Å². The monoisotopic (exact) mass is 348 g/mol. The molecule has 0 amide bonds. The van der Waals surface area contributed by atoms with E-state index in [4.69, 9.17) is 23.7 Å². The molecule has 2 aliphatic rings. The molecule has 3 rings (SSSR count). The van der Waals surface area contributed by atoms with Gasteiger partial charge in [-0.05, 0) is 37.1 Å². The molecule has 6 heteroatoms. The van der Waals surface area contributed by atoms with Crippen LogP contribution in [0.1, 0.15) is 25.3 Å². The largest absolute Gasteiger partial charge is 0.493 e. The Kier molecular flexibility index (Phi) is 5.01. The average Bonchev–Trinajstić information content (AvgIpc) is 3.10. The molecule has 0 saturated carbocycles. The molecule has 0 bridgehead atoms. The van der Waals surface area contributed by atoms with Crippen LogP contribution in [0.25, 0.3) is 0 Å². The van der Waals surface area contributed by atoms with Crippen LogP contribution in [0.5, 0.6) is 11.5 Å². The highest BCUT2D eigenvalue weighted by molar-refractivity contribution is 5.86. The predicted molar refractivity (Wildman–Crippen MR) is 90.9 cm³/mol. The number of carbonyl (C=O) groups excluding carboxylic acids is 1. The minimum Gasteiger partial charge on any atom is -0.493 e. The fourth-order valence-corrected chi connectivity index (χ4v) is 3.42. The lowest BCUT2D eigenvalue weighted by Crippen LogP contribution is -2.43. The molecule has 1 fully saturated rings. The summed E-state index contributed by atoms with van der Waals surface area (Å²) in [5.74, 6) is 0.188. The summed E-state index contributed by atoms with van der Waals surface area (Å²) in [6.45, 7) is 3.25. The smallest absolute Gasteiger partial charge is 0.320 e. The number of ether oxygens (including phenoxy) is 5. The summed E-state index contributed by atoms with van der Waals surface area (Å²) >= 11 is 0. The van der Waals surface area contributed by atoms with E-state index in [1.165, 1.54) is 0 Å². The highest BCUT2D eigenvalue weighted by Gasteiger charge is 2.48. The quantitative estimate of drug-likeness (QED) is 0.602. The van der Waals surface area contributed by atoms with Crippen molar-refractivity contribution in [3.8, 4) is 11.5 Å². The lowest BCUT2D eigenvalue weighted by molar-refractivity contribution is -0.154. The topological polar surface area (TPSA) is 63.2 Å². The molecule has 1 atom stereocenters. The molecule has 1 unspecified atom stereocenters. The van der Waals surface area contributed by atoms with Gasteiger partial charge in [0.2, 0.25) is 0 Å². The molecule has 1 aromatic rings. The molecule has 0 aromatic heterocycles. The van der Waals surface area contributed by atoms with Crippen molar-refractivity contribution in [3.63, 3.8) is 0 Å². The normalized spacial score (nSPS) is 24.3. The van der Waals surface area contributed by atoms with E-state index < -0.39 is 11.2 Å². The molecule has 0 radical (unpaired) electrons. The highest BCUT2D eigenvalue weighted by atomic mass is 16.7. The van der Waals surface area contributed by atoms with Crippen molar-refractivity contribution in [1.82, 2.24) is 0 Å². The Bertz CT molecular complexity index is 662. The molecule has 1 aliphatic heterocycles. The maximum absolute atomic E-state index is 12.9. The third kappa shape index (κ3) is 3.12. The van der Waals surface area contributed by atoms with Crippen LogP contribution in [-0.2, 0) is 24.4 Å². The van der Waals surface area contributed by atoms with Gasteiger partial charge in [-0.1, -0.05) is 12.1 Å². The highest BCUT2D eigenvalue weighted by Crippen LogP contribution is 2.44. The molecule has 25 heavy (non-hydrogen) atoms. The molecule has 1 aromatic carbocycles. The van der Waals surface area contributed by atoms with E-state index in [0.29, 0.717) is 44.2 Å². The molecule has 1 spiro atoms. The van der Waals surface area contributed by atoms with Crippen molar-refractivity contribution in [2.45, 2.75) is 31.0 Å². The van der Waals surface area contributed by atoms with Gasteiger partial charge in [-0.3, -0.25) is 4.79 Å². The molecular weight excluding hydrogens is 324 g/mol. The molecule has 6 nitrogen and oxygen atoms in total. The number of hydrogen-bond acceptors (Lipinski definition) is 6. The average molecular weight is 348 g/mol. The molecule has 136 valence electrons. The second-order valence-electron chi connectivity index (χ2n) is 6.10. The van der Waals surface area contributed by atoms with Gasteiger partial charge in [0.05, 0.1) is 34.0 Å². The van der Waals surface area contributed by atoms with E-state index in [1.807, 2.05) is 24.3 Å². The zero-order valence-electron chi connectivity index (χ0n) is 14.9. The first-order valence-electron chi connectivity index (χ1n) is 8.47. The number of carbonyl (C=O) groups is 1. The van der Waals surface area contributed by atoms with E-state index in [0.717, 1.165) is 5.56 Å². The van der Waals surface area contributed by atoms with Crippen LogP contribution in [-0.4, -0.2) is 45.8 Å². The van der Waals surface area contributed by atoms with Crippen LogP contribution in [0.3, 0.4) is 0 Å². The molecule has 1 saturated heterocycles. The maximum atomic E-state index is 12.9. The fraction of sp³-hybridized carbons (Fsp3) is 0.526. The van der Waals surface area contributed by atoms with Crippen LogP contribution in [0.15, 0.2) is 30.4 Å². The SMILES string of the molecule is CCOC(=O)C1(c2ccc(OC)c(OC)c2)C=CC2(CC1)OCCO2. The van der Waals surface area contributed by atoms with Crippen molar-refractivity contribution in [1.29, 1.82) is 0 Å². The number of esters is 1. The van der Waals surface area contributed by atoms with Crippen molar-refractivity contribution in [2.24, 2.45) is 0 Å². The first kappa shape index (κ1) is 17.8. The van der Waals surface area contributed by atoms with Gasteiger partial charge in [0.15, 0.2) is 17.3 Å². The predicted octanol–water partition coefficient (Wildman–Crippen LogP) is 2.60. The van der Waals surface area contributed by atoms with Crippen molar-refractivity contribution in [2.75, 3.05) is 34.0 Å². The van der Waals surface area contributed by atoms with E-state index in [9.17, 15) is 4.79 Å². The van der Waals surface area contributed by atoms with Gasteiger partial charge in [-0.15, -0.1) is 0 Å². The molecule has 1 aliphatic carbocycles. The van der Waals surface area contributed by atoms with Crippen molar-refractivity contribution in [3.05, 3.63) is 35.9 Å². The molecule has 0 N–H and O–H groups in total. The van der Waals surface area contributed by atoms with Crippen LogP contribution >= 0.6 is 0 Å². The van der Waals surface area contributed by atoms with Gasteiger partial charge < -0.3 is 23.7 Å². The first-order chi connectivity index (χ1) is 12.1. The first-order valence-corrected chi connectivity index (χ1v) is 8.47. The van der Waals surface area contributed by atoms with Crippen molar-refractivity contribution >= 4 is 5.97 Å². The number of methoxy groups -OCH3 is 2. The standard InChI is InChI=1S/C19H24O6/c1-4-23-17(20)18(7-9-19(10-8-18)24-11-12-25-19)14-5-6-15(21-2)16(13-14)22-3/h5-7,9,13H,4,8,10-12H2,1-3H3. The zero-order valence-corrected chi connectivity index (χ0v) is 14.9. The van der Waals surface area contributed by atoms with Gasteiger partial charge >= 0.3 is 5.97 Å². The summed E-state index contributed by atoms with van der Waals surface area (Å²) in [6, 6.07) is 5.50.